The molecule has 8 heteroatoms. The predicted molar refractivity (Wildman–Crippen MR) is 135 cm³/mol. The first kappa shape index (κ1) is 25.7. The van der Waals surface area contributed by atoms with Crippen LogP contribution >= 0.6 is 0 Å². The SMILES string of the molecule is C=CC1=C2N=CC(c3cccc(Oc4cccc(C(F)(F)F)c4)c3)=C(C3CCCCC3)N2NC1.CO. The average Bonchev–Trinajstić information content (AvgIpc) is 3.33. The fourth-order valence-electron chi connectivity index (χ4n) is 4.88. The number of fused-ring (bicyclic) bond motifs is 1. The highest BCUT2D eigenvalue weighted by Crippen LogP contribution is 2.41. The summed E-state index contributed by atoms with van der Waals surface area (Å²) in [6.45, 7) is 4.60. The number of alkyl halides is 3. The molecule has 190 valence electrons. The summed E-state index contributed by atoms with van der Waals surface area (Å²) in [5.41, 5.74) is 6.90. The van der Waals surface area contributed by atoms with Gasteiger partial charge < -0.3 is 9.84 Å². The van der Waals surface area contributed by atoms with E-state index in [4.69, 9.17) is 14.8 Å². The van der Waals surface area contributed by atoms with Crippen molar-refractivity contribution in [2.45, 2.75) is 38.3 Å². The third-order valence-corrected chi connectivity index (χ3v) is 6.54. The molecule has 1 aliphatic carbocycles. The van der Waals surface area contributed by atoms with E-state index in [0.717, 1.165) is 54.6 Å². The van der Waals surface area contributed by atoms with Crippen LogP contribution in [0, 0.1) is 5.92 Å². The lowest BCUT2D eigenvalue weighted by atomic mass is 9.83. The van der Waals surface area contributed by atoms with Gasteiger partial charge in [-0.05, 0) is 48.7 Å². The van der Waals surface area contributed by atoms with E-state index in [1.807, 2.05) is 30.5 Å². The first-order valence-electron chi connectivity index (χ1n) is 12.0. The number of nitrogens with one attached hydrogen (secondary N) is 1. The van der Waals surface area contributed by atoms with Gasteiger partial charge in [0.25, 0.3) is 0 Å². The van der Waals surface area contributed by atoms with E-state index in [9.17, 15) is 13.2 Å². The molecular weight excluding hydrogens is 467 g/mol. The molecule has 2 aromatic rings. The van der Waals surface area contributed by atoms with Gasteiger partial charge in [0.1, 0.15) is 11.5 Å². The quantitative estimate of drug-likeness (QED) is 0.483. The molecule has 0 amide bonds. The summed E-state index contributed by atoms with van der Waals surface area (Å²) >= 11 is 0. The zero-order valence-electron chi connectivity index (χ0n) is 20.2. The van der Waals surface area contributed by atoms with Gasteiger partial charge in [0.15, 0.2) is 5.82 Å². The summed E-state index contributed by atoms with van der Waals surface area (Å²) in [4.78, 5) is 4.72. The molecule has 0 spiro atoms. The number of benzene rings is 2. The topological polar surface area (TPSA) is 57.1 Å². The lowest BCUT2D eigenvalue weighted by molar-refractivity contribution is -0.137. The van der Waals surface area contributed by atoms with E-state index in [2.05, 4.69) is 17.0 Å². The second-order valence-corrected chi connectivity index (χ2v) is 8.77. The van der Waals surface area contributed by atoms with Crippen LogP contribution in [0.15, 0.2) is 83.3 Å². The molecule has 2 heterocycles. The Bertz CT molecular complexity index is 1190. The molecule has 0 aromatic heterocycles. The number of hydrogen-bond acceptors (Lipinski definition) is 5. The second kappa shape index (κ2) is 11.1. The van der Waals surface area contributed by atoms with Crippen molar-refractivity contribution in [3.8, 4) is 11.5 Å². The molecule has 3 aliphatic rings. The third-order valence-electron chi connectivity index (χ3n) is 6.54. The van der Waals surface area contributed by atoms with E-state index in [-0.39, 0.29) is 5.75 Å². The maximum absolute atomic E-state index is 13.1. The van der Waals surface area contributed by atoms with Gasteiger partial charge in [0.2, 0.25) is 0 Å². The van der Waals surface area contributed by atoms with Crippen LogP contribution in [0.4, 0.5) is 13.2 Å². The number of hydrazine groups is 1. The minimum absolute atomic E-state index is 0.146. The number of aliphatic hydroxyl groups excluding tert-OH is 1. The van der Waals surface area contributed by atoms with Crippen molar-refractivity contribution in [2.24, 2.45) is 10.9 Å². The molecule has 0 bridgehead atoms. The average molecular weight is 498 g/mol. The van der Waals surface area contributed by atoms with Crippen LogP contribution in [0.3, 0.4) is 0 Å². The highest BCUT2D eigenvalue weighted by molar-refractivity contribution is 6.12. The maximum Gasteiger partial charge on any atom is 0.416 e. The van der Waals surface area contributed by atoms with Crippen molar-refractivity contribution in [1.29, 1.82) is 0 Å². The molecule has 36 heavy (non-hydrogen) atoms. The summed E-state index contributed by atoms with van der Waals surface area (Å²) in [5, 5.41) is 9.10. The first-order valence-corrected chi connectivity index (χ1v) is 12.0. The number of aliphatic hydroxyl groups is 1. The Labute approximate surface area is 209 Å². The van der Waals surface area contributed by atoms with Crippen LogP contribution < -0.4 is 10.2 Å². The van der Waals surface area contributed by atoms with Crippen LogP contribution in [0.5, 0.6) is 11.5 Å². The van der Waals surface area contributed by atoms with Crippen molar-refractivity contribution in [2.75, 3.05) is 13.7 Å². The van der Waals surface area contributed by atoms with E-state index in [1.165, 1.54) is 37.1 Å². The summed E-state index contributed by atoms with van der Waals surface area (Å²) in [5.74, 6) is 1.90. The Kier molecular flexibility index (Phi) is 7.96. The molecule has 1 fully saturated rings. The molecule has 1 saturated carbocycles. The molecule has 0 saturated heterocycles. The van der Waals surface area contributed by atoms with Gasteiger partial charge >= 0.3 is 6.18 Å². The van der Waals surface area contributed by atoms with Crippen molar-refractivity contribution in [3.63, 3.8) is 0 Å². The number of nitrogens with zero attached hydrogens (tertiary/aromatic N) is 2. The zero-order valence-corrected chi connectivity index (χ0v) is 20.2. The normalized spacial score (nSPS) is 18.1. The molecule has 5 nitrogen and oxygen atoms in total. The lowest BCUT2D eigenvalue weighted by Gasteiger charge is -2.35. The van der Waals surface area contributed by atoms with Crippen LogP contribution in [-0.4, -0.2) is 30.0 Å². The minimum Gasteiger partial charge on any atom is -0.457 e. The largest absolute Gasteiger partial charge is 0.457 e. The Morgan fingerprint density at radius 1 is 1.06 bits per heavy atom. The summed E-state index contributed by atoms with van der Waals surface area (Å²) in [6, 6.07) is 12.4. The van der Waals surface area contributed by atoms with Gasteiger partial charge in [-0.1, -0.05) is 50.1 Å². The molecule has 0 atom stereocenters. The highest BCUT2D eigenvalue weighted by Gasteiger charge is 2.34. The van der Waals surface area contributed by atoms with Gasteiger partial charge in [-0.2, -0.15) is 13.2 Å². The number of hydrogen-bond donors (Lipinski definition) is 2. The molecule has 0 unspecified atom stereocenters. The fraction of sp³-hybridized carbons (Fsp3) is 0.321. The van der Waals surface area contributed by atoms with Gasteiger partial charge in [0.05, 0.1) is 5.56 Å². The number of halogens is 3. The van der Waals surface area contributed by atoms with Crippen LogP contribution in [0.2, 0.25) is 0 Å². The Morgan fingerprint density at radius 2 is 1.75 bits per heavy atom. The molecule has 0 radical (unpaired) electrons. The van der Waals surface area contributed by atoms with Crippen LogP contribution in [0.1, 0.15) is 43.2 Å². The zero-order chi connectivity index (χ0) is 25.7. The Morgan fingerprint density at radius 3 is 2.44 bits per heavy atom. The van der Waals surface area contributed by atoms with Crippen molar-refractivity contribution in [3.05, 3.63) is 89.4 Å². The van der Waals surface area contributed by atoms with E-state index in [1.54, 1.807) is 6.07 Å². The van der Waals surface area contributed by atoms with Gasteiger partial charge in [-0.3, -0.25) is 5.01 Å². The molecule has 2 aliphatic heterocycles. The van der Waals surface area contributed by atoms with Gasteiger partial charge in [-0.25, -0.2) is 10.4 Å². The molecular formula is C28H30F3N3O2. The second-order valence-electron chi connectivity index (χ2n) is 8.77. The third kappa shape index (κ3) is 5.39. The number of rotatable bonds is 5. The number of aliphatic imine (C=N–C) groups is 1. The Balaban J connectivity index is 0.00000148. The van der Waals surface area contributed by atoms with E-state index >= 15 is 0 Å². The smallest absolute Gasteiger partial charge is 0.416 e. The predicted octanol–water partition coefficient (Wildman–Crippen LogP) is 6.70. The standard InChI is InChI=1S/C27H26F3N3O.CH4O/c1-2-18-16-32-33-25(19-8-4-3-5-9-19)24(17-31-26(18)33)20-10-6-12-22(14-20)34-23-13-7-11-21(15-23)27(28,29)30;1-2/h2,6-7,10-15,17,19,32H,1,3-5,8-9,16H2;2H,1H3. The van der Waals surface area contributed by atoms with Gasteiger partial charge in [0, 0.05) is 42.6 Å². The summed E-state index contributed by atoms with van der Waals surface area (Å²) in [6.07, 6.45) is 5.18. The van der Waals surface area contributed by atoms with Crippen molar-refractivity contribution in [1.82, 2.24) is 10.4 Å². The summed E-state index contributed by atoms with van der Waals surface area (Å²) in [7, 11) is 1.00. The Hall–Kier alpha value is -3.36. The maximum atomic E-state index is 13.1. The number of allylic oxidation sites excluding steroid dienone is 2. The minimum atomic E-state index is -4.42. The van der Waals surface area contributed by atoms with Crippen molar-refractivity contribution >= 4 is 11.8 Å². The van der Waals surface area contributed by atoms with Gasteiger partial charge in [-0.15, -0.1) is 0 Å². The molecule has 5 rings (SSSR count). The highest BCUT2D eigenvalue weighted by atomic mass is 19.4. The van der Waals surface area contributed by atoms with E-state index in [0.29, 0.717) is 18.2 Å². The first-order chi connectivity index (χ1) is 17.4. The monoisotopic (exact) mass is 497 g/mol. The van der Waals surface area contributed by atoms with Crippen LogP contribution in [-0.2, 0) is 6.18 Å². The van der Waals surface area contributed by atoms with E-state index < -0.39 is 11.7 Å². The van der Waals surface area contributed by atoms with Crippen LogP contribution in [0.25, 0.3) is 5.57 Å². The fourth-order valence-corrected chi connectivity index (χ4v) is 4.88. The lowest BCUT2D eigenvalue weighted by Crippen LogP contribution is -2.37. The molecule has 2 N–H and O–H groups in total. The molecule has 2 aromatic carbocycles. The number of ether oxygens (including phenoxy) is 1. The summed E-state index contributed by atoms with van der Waals surface area (Å²) < 4.78 is 45.1. The van der Waals surface area contributed by atoms with Crippen molar-refractivity contribution < 1.29 is 23.0 Å².